The van der Waals surface area contributed by atoms with Crippen molar-refractivity contribution in [3.05, 3.63) is 48.5 Å². The van der Waals surface area contributed by atoms with Crippen molar-refractivity contribution < 1.29 is 9.53 Å². The molecule has 0 spiro atoms. The van der Waals surface area contributed by atoms with Crippen molar-refractivity contribution in [2.45, 2.75) is 13.3 Å². The third-order valence-corrected chi connectivity index (χ3v) is 2.46. The van der Waals surface area contributed by atoms with Gasteiger partial charge in [0.25, 0.3) is 0 Å². The molecule has 0 aliphatic carbocycles. The highest BCUT2D eigenvalue weighted by atomic mass is 16.5. The summed E-state index contributed by atoms with van der Waals surface area (Å²) in [5, 5.41) is 0. The van der Waals surface area contributed by atoms with Crippen LogP contribution in [-0.4, -0.2) is 22.1 Å². The lowest BCUT2D eigenvalue weighted by Gasteiger charge is -2.08. The lowest BCUT2D eigenvalue weighted by Crippen LogP contribution is -2.12. The fraction of sp³-hybridized carbons (Fsp3) is 0.231. The Balaban J connectivity index is 1.84. The van der Waals surface area contributed by atoms with Crippen LogP contribution in [0.15, 0.2) is 43.0 Å². The SMILES string of the molecule is Cc1ccccc1OCCC(=O)n1ccnc1. The Morgan fingerprint density at radius 2 is 2.24 bits per heavy atom. The zero-order valence-electron chi connectivity index (χ0n) is 9.67. The molecule has 0 aliphatic heterocycles. The maximum atomic E-state index is 11.6. The molecule has 0 atom stereocenters. The number of ether oxygens (including phenoxy) is 1. The number of aromatic nitrogens is 2. The fourth-order valence-corrected chi connectivity index (χ4v) is 1.50. The van der Waals surface area contributed by atoms with Gasteiger partial charge in [0, 0.05) is 12.4 Å². The van der Waals surface area contributed by atoms with E-state index < -0.39 is 0 Å². The van der Waals surface area contributed by atoms with Crippen LogP contribution in [0.4, 0.5) is 0 Å². The third kappa shape index (κ3) is 2.93. The number of nitrogens with zero attached hydrogens (tertiary/aromatic N) is 2. The lowest BCUT2D eigenvalue weighted by atomic mass is 10.2. The molecule has 2 aromatic rings. The number of carbonyl (C=O) groups is 1. The van der Waals surface area contributed by atoms with Crippen LogP contribution >= 0.6 is 0 Å². The normalized spacial score (nSPS) is 10.2. The van der Waals surface area contributed by atoms with Gasteiger partial charge in [-0.2, -0.15) is 0 Å². The van der Waals surface area contributed by atoms with Gasteiger partial charge in [-0.3, -0.25) is 9.36 Å². The number of rotatable bonds is 4. The summed E-state index contributed by atoms with van der Waals surface area (Å²) in [7, 11) is 0. The van der Waals surface area contributed by atoms with Crippen LogP contribution < -0.4 is 4.74 Å². The van der Waals surface area contributed by atoms with Crippen molar-refractivity contribution in [2.75, 3.05) is 6.61 Å². The van der Waals surface area contributed by atoms with Crippen molar-refractivity contribution in [1.82, 2.24) is 9.55 Å². The van der Waals surface area contributed by atoms with E-state index in [9.17, 15) is 4.79 Å². The number of imidazole rings is 1. The van der Waals surface area contributed by atoms with Crippen molar-refractivity contribution in [1.29, 1.82) is 0 Å². The van der Waals surface area contributed by atoms with Crippen LogP contribution in [0.25, 0.3) is 0 Å². The Labute approximate surface area is 99.9 Å². The van der Waals surface area contributed by atoms with E-state index in [-0.39, 0.29) is 5.91 Å². The van der Waals surface area contributed by atoms with E-state index in [4.69, 9.17) is 4.74 Å². The van der Waals surface area contributed by atoms with Crippen molar-refractivity contribution in [2.24, 2.45) is 0 Å². The number of benzene rings is 1. The first-order valence-electron chi connectivity index (χ1n) is 5.47. The molecule has 2 rings (SSSR count). The maximum Gasteiger partial charge on any atom is 0.235 e. The summed E-state index contributed by atoms with van der Waals surface area (Å²) in [6, 6.07) is 7.75. The monoisotopic (exact) mass is 230 g/mol. The van der Waals surface area contributed by atoms with Crippen LogP contribution in [-0.2, 0) is 0 Å². The smallest absolute Gasteiger partial charge is 0.235 e. The van der Waals surface area contributed by atoms with Crippen molar-refractivity contribution >= 4 is 5.91 Å². The highest BCUT2D eigenvalue weighted by Gasteiger charge is 2.04. The first kappa shape index (κ1) is 11.4. The first-order valence-corrected chi connectivity index (χ1v) is 5.47. The minimum atomic E-state index is -0.0175. The van der Waals surface area contributed by atoms with Crippen molar-refractivity contribution in [3.63, 3.8) is 0 Å². The highest BCUT2D eigenvalue weighted by Crippen LogP contribution is 2.16. The molecule has 0 aliphatic rings. The Kier molecular flexibility index (Phi) is 3.55. The summed E-state index contributed by atoms with van der Waals surface area (Å²) in [6.45, 7) is 2.36. The summed E-state index contributed by atoms with van der Waals surface area (Å²) in [5.74, 6) is 0.807. The molecule has 1 aromatic heterocycles. The summed E-state index contributed by atoms with van der Waals surface area (Å²) in [4.78, 5) is 15.4. The van der Waals surface area contributed by atoms with Crippen LogP contribution in [0.3, 0.4) is 0 Å². The second kappa shape index (κ2) is 5.30. The van der Waals surface area contributed by atoms with Crippen LogP contribution in [0.1, 0.15) is 16.8 Å². The molecule has 0 unspecified atom stereocenters. The standard InChI is InChI=1S/C13H14N2O2/c1-11-4-2-3-5-12(11)17-9-6-13(16)15-8-7-14-10-15/h2-5,7-8,10H,6,9H2,1H3. The largest absolute Gasteiger partial charge is 0.493 e. The molecule has 0 bridgehead atoms. The molecule has 0 saturated carbocycles. The van der Waals surface area contributed by atoms with Gasteiger partial charge in [0.15, 0.2) is 0 Å². The van der Waals surface area contributed by atoms with Gasteiger partial charge in [-0.05, 0) is 18.6 Å². The van der Waals surface area contributed by atoms with E-state index in [0.717, 1.165) is 11.3 Å². The number of hydrogen-bond acceptors (Lipinski definition) is 3. The number of hydrogen-bond donors (Lipinski definition) is 0. The van der Waals surface area contributed by atoms with E-state index in [0.29, 0.717) is 13.0 Å². The van der Waals surface area contributed by atoms with Gasteiger partial charge in [-0.15, -0.1) is 0 Å². The molecule has 1 heterocycles. The summed E-state index contributed by atoms with van der Waals surface area (Å²) >= 11 is 0. The number of para-hydroxylation sites is 1. The second-order valence-electron chi connectivity index (χ2n) is 3.73. The lowest BCUT2D eigenvalue weighted by molar-refractivity contribution is 0.0881. The summed E-state index contributed by atoms with van der Waals surface area (Å²) < 4.78 is 7.01. The average molecular weight is 230 g/mol. The van der Waals surface area contributed by atoms with E-state index >= 15 is 0 Å². The van der Waals surface area contributed by atoms with E-state index in [1.807, 2.05) is 31.2 Å². The molecule has 0 saturated heterocycles. The van der Waals surface area contributed by atoms with Crippen LogP contribution in [0.5, 0.6) is 5.75 Å². The summed E-state index contributed by atoms with van der Waals surface area (Å²) in [6.07, 6.45) is 5.05. The van der Waals surface area contributed by atoms with Gasteiger partial charge in [0.2, 0.25) is 5.91 Å². The predicted octanol–water partition coefficient (Wildman–Crippen LogP) is 2.30. The molecular formula is C13H14N2O2. The molecule has 1 aromatic carbocycles. The molecule has 0 radical (unpaired) electrons. The summed E-state index contributed by atoms with van der Waals surface area (Å²) in [5.41, 5.74) is 1.07. The zero-order valence-corrected chi connectivity index (χ0v) is 9.67. The van der Waals surface area contributed by atoms with Crippen molar-refractivity contribution in [3.8, 4) is 5.75 Å². The van der Waals surface area contributed by atoms with E-state index in [1.54, 1.807) is 12.4 Å². The van der Waals surface area contributed by atoms with Gasteiger partial charge < -0.3 is 4.74 Å². The molecule has 4 nitrogen and oxygen atoms in total. The Morgan fingerprint density at radius 1 is 1.41 bits per heavy atom. The molecule has 0 fully saturated rings. The molecule has 0 amide bonds. The minimum Gasteiger partial charge on any atom is -0.493 e. The average Bonchev–Trinajstić information content (AvgIpc) is 2.85. The number of aryl methyl sites for hydroxylation is 1. The Bertz CT molecular complexity index is 492. The van der Waals surface area contributed by atoms with Gasteiger partial charge in [0.1, 0.15) is 12.1 Å². The Morgan fingerprint density at radius 3 is 2.94 bits per heavy atom. The van der Waals surface area contributed by atoms with E-state index in [2.05, 4.69) is 4.98 Å². The molecule has 17 heavy (non-hydrogen) atoms. The maximum absolute atomic E-state index is 11.6. The van der Waals surface area contributed by atoms with E-state index in [1.165, 1.54) is 10.9 Å². The molecule has 88 valence electrons. The van der Waals surface area contributed by atoms with Gasteiger partial charge in [-0.25, -0.2) is 4.98 Å². The van der Waals surface area contributed by atoms with Gasteiger partial charge in [-0.1, -0.05) is 18.2 Å². The highest BCUT2D eigenvalue weighted by molar-refractivity contribution is 5.78. The van der Waals surface area contributed by atoms with Crippen LogP contribution in [0, 0.1) is 6.92 Å². The Hall–Kier alpha value is -2.10. The van der Waals surface area contributed by atoms with Gasteiger partial charge in [0.05, 0.1) is 13.0 Å². The molecule has 0 N–H and O–H groups in total. The van der Waals surface area contributed by atoms with Gasteiger partial charge >= 0.3 is 0 Å². The van der Waals surface area contributed by atoms with Crippen LogP contribution in [0.2, 0.25) is 0 Å². The quantitative estimate of drug-likeness (QED) is 0.809. The predicted molar refractivity (Wildman–Crippen MR) is 64.1 cm³/mol. The minimum absolute atomic E-state index is 0.0175. The topological polar surface area (TPSA) is 44.1 Å². The molecule has 4 heteroatoms. The zero-order chi connectivity index (χ0) is 12.1. The molecular weight excluding hydrogens is 216 g/mol. The first-order chi connectivity index (χ1) is 8.27. The second-order valence-corrected chi connectivity index (χ2v) is 3.73. The number of carbonyl (C=O) groups excluding carboxylic acids is 1. The third-order valence-electron chi connectivity index (χ3n) is 2.46. The fourth-order valence-electron chi connectivity index (χ4n) is 1.50.